The maximum Gasteiger partial charge on any atom is 0.257 e. The standard InChI is InChI=1S/C29H31N3O3S/c33-28(32-26-11-4-2-9-24(26)29(34)30-25-10-3-5-12-27(25)32)21-22-13-15-23(16-14-22)36(35)20-8-19-31-17-6-1-7-18-31/h2-5,9-16H,1,6-8,17-21H2,(H,30,34). The number of hydrogen-bond donors (Lipinski definition) is 1. The van der Waals surface area contributed by atoms with E-state index in [1.54, 1.807) is 29.2 Å². The molecule has 0 saturated carbocycles. The van der Waals surface area contributed by atoms with Gasteiger partial charge in [-0.15, -0.1) is 0 Å². The topological polar surface area (TPSA) is 69.7 Å². The first-order valence-electron chi connectivity index (χ1n) is 12.6. The highest BCUT2D eigenvalue weighted by molar-refractivity contribution is 7.85. The Morgan fingerprint density at radius 1 is 0.861 bits per heavy atom. The van der Waals surface area contributed by atoms with Crippen LogP contribution in [0.4, 0.5) is 17.1 Å². The molecule has 3 aromatic carbocycles. The molecule has 0 aliphatic carbocycles. The minimum atomic E-state index is -1.05. The Balaban J connectivity index is 1.28. The number of nitrogens with one attached hydrogen (secondary N) is 1. The number of nitrogens with zero attached hydrogens (tertiary/aromatic N) is 2. The lowest BCUT2D eigenvalue weighted by Crippen LogP contribution is -2.31. The Hall–Kier alpha value is -3.29. The van der Waals surface area contributed by atoms with Gasteiger partial charge in [-0.2, -0.15) is 0 Å². The lowest BCUT2D eigenvalue weighted by atomic mass is 10.1. The van der Waals surface area contributed by atoms with Crippen molar-refractivity contribution < 1.29 is 13.8 Å². The predicted molar refractivity (Wildman–Crippen MR) is 144 cm³/mol. The summed E-state index contributed by atoms with van der Waals surface area (Å²) < 4.78 is 12.8. The van der Waals surface area contributed by atoms with Crippen molar-refractivity contribution in [3.8, 4) is 0 Å². The zero-order valence-corrected chi connectivity index (χ0v) is 21.1. The number of rotatable bonds is 7. The largest absolute Gasteiger partial charge is 0.320 e. The van der Waals surface area contributed by atoms with Gasteiger partial charge in [-0.1, -0.05) is 42.8 Å². The molecule has 2 amide bonds. The summed E-state index contributed by atoms with van der Waals surface area (Å²) in [6.07, 6.45) is 4.95. The Bertz CT molecular complexity index is 1270. The van der Waals surface area contributed by atoms with Gasteiger partial charge in [0.05, 0.1) is 39.8 Å². The van der Waals surface area contributed by atoms with E-state index in [2.05, 4.69) is 10.2 Å². The van der Waals surface area contributed by atoms with Gasteiger partial charge >= 0.3 is 0 Å². The Kier molecular flexibility index (Phi) is 7.58. The molecule has 1 unspecified atom stereocenters. The highest BCUT2D eigenvalue weighted by atomic mass is 32.2. The van der Waals surface area contributed by atoms with E-state index < -0.39 is 10.8 Å². The van der Waals surface area contributed by atoms with E-state index >= 15 is 0 Å². The van der Waals surface area contributed by atoms with Crippen molar-refractivity contribution in [3.05, 3.63) is 83.9 Å². The number of carbonyl (C=O) groups excluding carboxylic acids is 2. The van der Waals surface area contributed by atoms with E-state index in [-0.39, 0.29) is 18.2 Å². The van der Waals surface area contributed by atoms with Crippen LogP contribution in [0.5, 0.6) is 0 Å². The normalized spacial score (nSPS) is 16.4. The molecular weight excluding hydrogens is 470 g/mol. The summed E-state index contributed by atoms with van der Waals surface area (Å²) in [6, 6.07) is 22.0. The molecule has 0 aromatic heterocycles. The first-order valence-corrected chi connectivity index (χ1v) is 13.9. The van der Waals surface area contributed by atoms with E-state index in [0.29, 0.717) is 28.4 Å². The molecule has 1 atom stereocenters. The quantitative estimate of drug-likeness (QED) is 0.487. The van der Waals surface area contributed by atoms with Crippen molar-refractivity contribution >= 4 is 39.7 Å². The van der Waals surface area contributed by atoms with E-state index in [9.17, 15) is 13.8 Å². The molecule has 2 aliphatic rings. The fraction of sp³-hybridized carbons (Fsp3) is 0.310. The van der Waals surface area contributed by atoms with Crippen LogP contribution < -0.4 is 10.2 Å². The number of benzene rings is 3. The van der Waals surface area contributed by atoms with Crippen molar-refractivity contribution in [2.75, 3.05) is 35.6 Å². The number of para-hydroxylation sites is 3. The van der Waals surface area contributed by atoms with Crippen molar-refractivity contribution in [3.63, 3.8) is 0 Å². The highest BCUT2D eigenvalue weighted by Gasteiger charge is 2.29. The van der Waals surface area contributed by atoms with Crippen molar-refractivity contribution in [1.29, 1.82) is 0 Å². The van der Waals surface area contributed by atoms with Crippen molar-refractivity contribution in [2.24, 2.45) is 0 Å². The maximum atomic E-state index is 13.6. The average Bonchev–Trinajstić information content (AvgIpc) is 3.03. The molecule has 1 saturated heterocycles. The Morgan fingerprint density at radius 2 is 1.56 bits per heavy atom. The number of piperidine rings is 1. The highest BCUT2D eigenvalue weighted by Crippen LogP contribution is 2.38. The lowest BCUT2D eigenvalue weighted by Gasteiger charge is -2.26. The SMILES string of the molecule is O=C1Nc2ccccc2N(C(=O)Cc2ccc(S(=O)CCCN3CCCCC3)cc2)c2ccccc21. The van der Waals surface area contributed by atoms with Crippen LogP contribution in [0, 0.1) is 0 Å². The summed E-state index contributed by atoms with van der Waals surface area (Å²) in [5, 5.41) is 2.92. The van der Waals surface area contributed by atoms with Crippen LogP contribution in [0.15, 0.2) is 77.7 Å². The van der Waals surface area contributed by atoms with Crippen LogP contribution in [-0.4, -0.2) is 46.3 Å². The summed E-state index contributed by atoms with van der Waals surface area (Å²) in [5.41, 5.74) is 3.11. The van der Waals surface area contributed by atoms with Gasteiger partial charge in [0.15, 0.2) is 0 Å². The second kappa shape index (κ2) is 11.2. The first kappa shape index (κ1) is 24.4. The van der Waals surface area contributed by atoms with Crippen LogP contribution in [0.3, 0.4) is 0 Å². The van der Waals surface area contributed by atoms with Gasteiger partial charge in [-0.25, -0.2) is 0 Å². The van der Waals surface area contributed by atoms with Gasteiger partial charge in [-0.3, -0.25) is 18.7 Å². The summed E-state index contributed by atoms with van der Waals surface area (Å²) in [4.78, 5) is 31.3. The summed E-state index contributed by atoms with van der Waals surface area (Å²) in [7, 11) is -1.05. The van der Waals surface area contributed by atoms with Gasteiger partial charge in [0.1, 0.15) is 0 Å². The van der Waals surface area contributed by atoms with Crippen LogP contribution in [0.2, 0.25) is 0 Å². The first-order chi connectivity index (χ1) is 17.6. The second-order valence-corrected chi connectivity index (χ2v) is 10.9. The van der Waals surface area contributed by atoms with Gasteiger partial charge < -0.3 is 10.2 Å². The van der Waals surface area contributed by atoms with Gasteiger partial charge in [0.2, 0.25) is 5.91 Å². The van der Waals surface area contributed by atoms with Crippen LogP contribution in [0.1, 0.15) is 41.6 Å². The van der Waals surface area contributed by atoms with Gasteiger partial charge in [-0.05, 0) is 80.9 Å². The molecule has 0 radical (unpaired) electrons. The maximum absolute atomic E-state index is 13.6. The molecule has 1 fully saturated rings. The monoisotopic (exact) mass is 501 g/mol. The lowest BCUT2D eigenvalue weighted by molar-refractivity contribution is -0.117. The van der Waals surface area contributed by atoms with E-state index in [1.165, 1.54) is 19.3 Å². The van der Waals surface area contributed by atoms with E-state index in [0.717, 1.165) is 36.5 Å². The zero-order chi connectivity index (χ0) is 24.9. The van der Waals surface area contributed by atoms with Crippen LogP contribution >= 0.6 is 0 Å². The number of anilines is 3. The van der Waals surface area contributed by atoms with E-state index in [1.807, 2.05) is 48.5 Å². The molecule has 0 bridgehead atoms. The van der Waals surface area contributed by atoms with Gasteiger partial charge in [0.25, 0.3) is 5.91 Å². The molecule has 5 rings (SSSR count). The van der Waals surface area contributed by atoms with Crippen LogP contribution in [-0.2, 0) is 22.0 Å². The smallest absolute Gasteiger partial charge is 0.257 e. The number of carbonyl (C=O) groups is 2. The average molecular weight is 502 g/mol. The molecule has 2 heterocycles. The third-order valence-corrected chi connectivity index (χ3v) is 8.28. The third kappa shape index (κ3) is 5.42. The molecule has 186 valence electrons. The summed E-state index contributed by atoms with van der Waals surface area (Å²) >= 11 is 0. The van der Waals surface area contributed by atoms with Crippen LogP contribution in [0.25, 0.3) is 0 Å². The predicted octanol–water partition coefficient (Wildman–Crippen LogP) is 5.14. The van der Waals surface area contributed by atoms with E-state index in [4.69, 9.17) is 0 Å². The third-order valence-electron chi connectivity index (χ3n) is 6.83. The second-order valence-electron chi connectivity index (χ2n) is 9.34. The molecule has 2 aliphatic heterocycles. The number of fused-ring (bicyclic) bond motifs is 2. The summed E-state index contributed by atoms with van der Waals surface area (Å²) in [5.74, 6) is 0.277. The van der Waals surface area contributed by atoms with Gasteiger partial charge in [0, 0.05) is 10.6 Å². The molecule has 6 nitrogen and oxygen atoms in total. The fourth-order valence-corrected chi connectivity index (χ4v) is 6.02. The van der Waals surface area contributed by atoms with Crippen molar-refractivity contribution in [1.82, 2.24) is 4.90 Å². The molecule has 36 heavy (non-hydrogen) atoms. The Labute approximate surface area is 214 Å². The number of hydrogen-bond acceptors (Lipinski definition) is 4. The number of likely N-dealkylation sites (tertiary alicyclic amines) is 1. The zero-order valence-electron chi connectivity index (χ0n) is 20.3. The molecule has 1 N–H and O–H groups in total. The summed E-state index contributed by atoms with van der Waals surface area (Å²) in [6.45, 7) is 3.32. The Morgan fingerprint density at radius 3 is 2.33 bits per heavy atom. The fourth-order valence-electron chi connectivity index (χ4n) is 4.96. The molecular formula is C29H31N3O3S. The number of amides is 2. The van der Waals surface area contributed by atoms with Crippen molar-refractivity contribution in [2.45, 2.75) is 37.0 Å². The minimum Gasteiger partial charge on any atom is -0.320 e. The minimum absolute atomic E-state index is 0.137. The molecule has 0 spiro atoms. The molecule has 3 aromatic rings. The molecule has 7 heteroatoms.